The van der Waals surface area contributed by atoms with Crippen molar-refractivity contribution >= 4 is 22.6 Å². The van der Waals surface area contributed by atoms with Crippen LogP contribution in [0.25, 0.3) is 0 Å². The van der Waals surface area contributed by atoms with E-state index in [9.17, 15) is 22.7 Å². The van der Waals surface area contributed by atoms with Gasteiger partial charge in [-0.15, -0.1) is 13.2 Å². The Labute approximate surface area is 95.2 Å². The lowest BCUT2D eigenvalue weighted by Crippen LogP contribution is -2.18. The standard InChI is InChI=1S/C7H4F4INO2/c8-2-3-1-4(15-7(9,10)11)13-6(12)5(3)14/h1,14H,2H2. The van der Waals surface area contributed by atoms with Crippen LogP contribution in [0.15, 0.2) is 6.07 Å². The number of hydrogen-bond donors (Lipinski definition) is 1. The molecule has 1 aromatic rings. The smallest absolute Gasteiger partial charge is 0.505 e. The molecule has 0 radical (unpaired) electrons. The number of rotatable bonds is 2. The number of aromatic hydroxyl groups is 1. The maximum Gasteiger partial charge on any atom is 0.574 e. The van der Waals surface area contributed by atoms with E-state index in [0.29, 0.717) is 6.07 Å². The fraction of sp³-hybridized carbons (Fsp3) is 0.286. The number of ether oxygens (including phenoxy) is 1. The average molecular weight is 337 g/mol. The van der Waals surface area contributed by atoms with Gasteiger partial charge in [0.05, 0.1) is 0 Å². The molecule has 0 aliphatic heterocycles. The van der Waals surface area contributed by atoms with Gasteiger partial charge in [-0.2, -0.15) is 0 Å². The lowest BCUT2D eigenvalue weighted by Gasteiger charge is -2.10. The molecule has 0 bridgehead atoms. The highest BCUT2D eigenvalue weighted by atomic mass is 127. The fourth-order valence-corrected chi connectivity index (χ4v) is 1.39. The Hall–Kier alpha value is -0.800. The summed E-state index contributed by atoms with van der Waals surface area (Å²) < 4.78 is 51.0. The Morgan fingerprint density at radius 1 is 1.47 bits per heavy atom. The van der Waals surface area contributed by atoms with E-state index in [4.69, 9.17) is 0 Å². The molecule has 0 aromatic carbocycles. The van der Waals surface area contributed by atoms with Crippen LogP contribution in [0.2, 0.25) is 0 Å². The van der Waals surface area contributed by atoms with E-state index in [2.05, 4.69) is 9.72 Å². The average Bonchev–Trinajstić information content (AvgIpc) is 2.08. The second kappa shape index (κ2) is 4.37. The minimum atomic E-state index is -4.89. The van der Waals surface area contributed by atoms with Crippen molar-refractivity contribution in [3.8, 4) is 11.6 Å². The maximum atomic E-state index is 12.3. The van der Waals surface area contributed by atoms with E-state index < -0.39 is 24.7 Å². The highest BCUT2D eigenvalue weighted by Gasteiger charge is 2.32. The Balaban J connectivity index is 3.06. The molecule has 0 saturated carbocycles. The first-order valence-electron chi connectivity index (χ1n) is 3.53. The monoisotopic (exact) mass is 337 g/mol. The first kappa shape index (κ1) is 12.3. The van der Waals surface area contributed by atoms with Crippen LogP contribution in [0.5, 0.6) is 11.6 Å². The molecule has 0 amide bonds. The highest BCUT2D eigenvalue weighted by Crippen LogP contribution is 2.29. The summed E-state index contributed by atoms with van der Waals surface area (Å²) in [4.78, 5) is 3.29. The van der Waals surface area contributed by atoms with Crippen LogP contribution in [0.3, 0.4) is 0 Å². The van der Waals surface area contributed by atoms with Crippen molar-refractivity contribution in [3.05, 3.63) is 15.3 Å². The third-order valence-corrected chi connectivity index (χ3v) is 2.12. The van der Waals surface area contributed by atoms with Gasteiger partial charge in [-0.3, -0.25) is 0 Å². The van der Waals surface area contributed by atoms with Gasteiger partial charge in [-0.1, -0.05) is 0 Å². The van der Waals surface area contributed by atoms with Crippen LogP contribution in [-0.4, -0.2) is 16.5 Å². The van der Waals surface area contributed by atoms with E-state index in [-0.39, 0.29) is 9.26 Å². The molecule has 15 heavy (non-hydrogen) atoms. The summed E-state index contributed by atoms with van der Waals surface area (Å²) >= 11 is 1.48. The van der Waals surface area contributed by atoms with E-state index in [1.54, 1.807) is 0 Å². The summed E-state index contributed by atoms with van der Waals surface area (Å²) in [5, 5.41) is 9.17. The molecule has 0 unspecified atom stereocenters. The fourth-order valence-electron chi connectivity index (χ4n) is 0.805. The first-order valence-corrected chi connectivity index (χ1v) is 4.61. The van der Waals surface area contributed by atoms with Gasteiger partial charge in [0.15, 0.2) is 5.75 Å². The number of pyridine rings is 1. The third kappa shape index (κ3) is 3.36. The topological polar surface area (TPSA) is 42.4 Å². The van der Waals surface area contributed by atoms with Crippen LogP contribution in [0.4, 0.5) is 17.6 Å². The van der Waals surface area contributed by atoms with E-state index in [1.807, 2.05) is 0 Å². The normalized spacial score (nSPS) is 11.5. The molecule has 0 aliphatic rings. The van der Waals surface area contributed by atoms with Crippen molar-refractivity contribution in [2.45, 2.75) is 13.0 Å². The molecule has 84 valence electrons. The predicted octanol–water partition coefficient (Wildman–Crippen LogP) is 2.76. The van der Waals surface area contributed by atoms with Crippen molar-refractivity contribution in [1.29, 1.82) is 0 Å². The minimum absolute atomic E-state index is 0.151. The quantitative estimate of drug-likeness (QED) is 0.513. The lowest BCUT2D eigenvalue weighted by atomic mass is 10.3. The molecule has 3 nitrogen and oxygen atoms in total. The molecule has 1 aromatic heterocycles. The summed E-state index contributed by atoms with van der Waals surface area (Å²) in [5.74, 6) is -1.27. The predicted molar refractivity (Wildman–Crippen MR) is 50.1 cm³/mol. The van der Waals surface area contributed by atoms with Crippen LogP contribution in [-0.2, 0) is 6.67 Å². The number of halogens is 5. The van der Waals surface area contributed by atoms with Gasteiger partial charge >= 0.3 is 6.36 Å². The molecule has 0 atom stereocenters. The number of aromatic nitrogens is 1. The highest BCUT2D eigenvalue weighted by molar-refractivity contribution is 14.1. The first-order chi connectivity index (χ1) is 6.83. The molecule has 1 rings (SSSR count). The molecule has 0 fully saturated rings. The third-order valence-electron chi connectivity index (χ3n) is 1.37. The molecule has 0 aliphatic carbocycles. The number of alkyl halides is 4. The van der Waals surface area contributed by atoms with Crippen molar-refractivity contribution in [1.82, 2.24) is 4.98 Å². The van der Waals surface area contributed by atoms with Crippen LogP contribution in [0.1, 0.15) is 5.56 Å². The molecule has 0 saturated heterocycles. The maximum absolute atomic E-state index is 12.3. The summed E-state index contributed by atoms with van der Waals surface area (Å²) in [6.07, 6.45) is -4.89. The summed E-state index contributed by atoms with van der Waals surface area (Å²) in [6, 6.07) is 0.699. The second-order valence-corrected chi connectivity index (χ2v) is 3.46. The van der Waals surface area contributed by atoms with Gasteiger partial charge in [0, 0.05) is 11.6 Å². The van der Waals surface area contributed by atoms with Crippen LogP contribution >= 0.6 is 22.6 Å². The van der Waals surface area contributed by atoms with Gasteiger partial charge in [0.1, 0.15) is 10.4 Å². The molecule has 8 heteroatoms. The zero-order valence-electron chi connectivity index (χ0n) is 6.98. The Morgan fingerprint density at radius 3 is 2.53 bits per heavy atom. The van der Waals surface area contributed by atoms with E-state index >= 15 is 0 Å². The molecule has 1 N–H and O–H groups in total. The summed E-state index contributed by atoms with van der Waals surface area (Å²) in [6.45, 7) is -1.10. The summed E-state index contributed by atoms with van der Waals surface area (Å²) in [5.41, 5.74) is -0.298. The zero-order valence-corrected chi connectivity index (χ0v) is 9.13. The van der Waals surface area contributed by atoms with Crippen LogP contribution in [0, 0.1) is 3.70 Å². The lowest BCUT2D eigenvalue weighted by molar-refractivity contribution is -0.276. The van der Waals surface area contributed by atoms with Crippen molar-refractivity contribution < 1.29 is 27.4 Å². The van der Waals surface area contributed by atoms with E-state index in [0.717, 1.165) is 0 Å². The van der Waals surface area contributed by atoms with Crippen molar-refractivity contribution in [3.63, 3.8) is 0 Å². The van der Waals surface area contributed by atoms with Crippen LogP contribution < -0.4 is 4.74 Å². The Kier molecular flexibility index (Phi) is 3.58. The van der Waals surface area contributed by atoms with E-state index in [1.165, 1.54) is 22.6 Å². The Morgan fingerprint density at radius 2 is 2.07 bits per heavy atom. The van der Waals surface area contributed by atoms with Gasteiger partial charge in [0.2, 0.25) is 5.88 Å². The molecule has 0 spiro atoms. The number of nitrogens with zero attached hydrogens (tertiary/aromatic N) is 1. The van der Waals surface area contributed by atoms with Gasteiger partial charge in [-0.05, 0) is 22.6 Å². The molecule has 1 heterocycles. The largest absolute Gasteiger partial charge is 0.574 e. The molecular weight excluding hydrogens is 333 g/mol. The second-order valence-electron chi connectivity index (χ2n) is 2.44. The van der Waals surface area contributed by atoms with Crippen molar-refractivity contribution in [2.24, 2.45) is 0 Å². The van der Waals surface area contributed by atoms with Crippen molar-refractivity contribution in [2.75, 3.05) is 0 Å². The Bertz CT molecular complexity index is 369. The minimum Gasteiger partial charge on any atom is -0.505 e. The van der Waals surface area contributed by atoms with Gasteiger partial charge in [0.25, 0.3) is 0 Å². The van der Waals surface area contributed by atoms with Gasteiger partial charge < -0.3 is 9.84 Å². The van der Waals surface area contributed by atoms with Gasteiger partial charge in [-0.25, -0.2) is 9.37 Å². The zero-order chi connectivity index (χ0) is 11.6. The SMILES string of the molecule is Oc1c(CF)cc(OC(F)(F)F)nc1I. The number of hydrogen-bond acceptors (Lipinski definition) is 3. The summed E-state index contributed by atoms with van der Waals surface area (Å²) in [7, 11) is 0. The molecular formula is C7H4F4INO2.